The first kappa shape index (κ1) is 20.0. The lowest BCUT2D eigenvalue weighted by molar-refractivity contribution is 0.140. The summed E-state index contributed by atoms with van der Waals surface area (Å²) in [4.78, 5) is 6.96. The van der Waals surface area contributed by atoms with E-state index >= 15 is 0 Å². The summed E-state index contributed by atoms with van der Waals surface area (Å²) in [6.07, 6.45) is 2.46. The van der Waals surface area contributed by atoms with Crippen molar-refractivity contribution < 1.29 is 0 Å². The first-order valence-corrected chi connectivity index (χ1v) is 7.56. The van der Waals surface area contributed by atoms with Gasteiger partial charge in [0.2, 0.25) is 0 Å². The number of guanidine groups is 1. The van der Waals surface area contributed by atoms with Gasteiger partial charge in [0, 0.05) is 25.2 Å². The molecule has 1 heterocycles. The van der Waals surface area contributed by atoms with E-state index in [1.54, 1.807) is 0 Å². The van der Waals surface area contributed by atoms with Crippen LogP contribution in [0.25, 0.3) is 0 Å². The zero-order chi connectivity index (χ0) is 14.5. The Morgan fingerprint density at radius 1 is 1.25 bits per heavy atom. The fraction of sp³-hybridized carbons (Fsp3) is 0.933. The monoisotopic (exact) mass is 396 g/mol. The van der Waals surface area contributed by atoms with Gasteiger partial charge in [0.15, 0.2) is 5.96 Å². The number of nitrogens with zero attached hydrogens (tertiary/aromatic N) is 2. The van der Waals surface area contributed by atoms with Gasteiger partial charge in [-0.15, -0.1) is 24.0 Å². The van der Waals surface area contributed by atoms with E-state index in [-0.39, 0.29) is 29.5 Å². The molecule has 0 bridgehead atoms. The average Bonchev–Trinajstić information content (AvgIpc) is 2.20. The Balaban J connectivity index is 0.00000361. The molecule has 2 atom stereocenters. The molecule has 1 fully saturated rings. The number of likely N-dealkylation sites (tertiary alicyclic amines) is 1. The predicted octanol–water partition coefficient (Wildman–Crippen LogP) is 2.68. The number of rotatable bonds is 4. The van der Waals surface area contributed by atoms with Crippen molar-refractivity contribution in [1.29, 1.82) is 0 Å². The number of nitrogens with two attached hydrogens (primary N) is 1. The van der Waals surface area contributed by atoms with Crippen molar-refractivity contribution in [2.45, 2.75) is 53.0 Å². The summed E-state index contributed by atoms with van der Waals surface area (Å²) in [6.45, 7) is 15.4. The number of hydrogen-bond acceptors (Lipinski definition) is 2. The topological polar surface area (TPSA) is 53.6 Å². The van der Waals surface area contributed by atoms with Crippen LogP contribution in [0.5, 0.6) is 0 Å². The van der Waals surface area contributed by atoms with E-state index in [1.165, 1.54) is 19.5 Å². The summed E-state index contributed by atoms with van der Waals surface area (Å²) >= 11 is 0. The van der Waals surface area contributed by atoms with Crippen LogP contribution in [0.15, 0.2) is 4.99 Å². The molecule has 3 N–H and O–H groups in total. The van der Waals surface area contributed by atoms with Gasteiger partial charge in [0.05, 0.1) is 0 Å². The lowest BCUT2D eigenvalue weighted by atomic mass is 9.92. The Bertz CT molecular complexity index is 289. The molecule has 0 amide bonds. The van der Waals surface area contributed by atoms with Gasteiger partial charge in [0.25, 0.3) is 0 Å². The van der Waals surface area contributed by atoms with Crippen molar-refractivity contribution in [2.75, 3.05) is 26.2 Å². The fourth-order valence-corrected chi connectivity index (χ4v) is 2.89. The van der Waals surface area contributed by atoms with E-state index in [0.29, 0.717) is 5.96 Å². The molecule has 1 aliphatic heterocycles. The molecule has 0 aromatic rings. The predicted molar refractivity (Wildman–Crippen MR) is 98.8 cm³/mol. The van der Waals surface area contributed by atoms with Crippen LogP contribution < -0.4 is 11.1 Å². The zero-order valence-corrected chi connectivity index (χ0v) is 16.1. The average molecular weight is 396 g/mol. The second kappa shape index (κ2) is 9.07. The highest BCUT2D eigenvalue weighted by molar-refractivity contribution is 14.0. The molecule has 2 unspecified atom stereocenters. The summed E-state index contributed by atoms with van der Waals surface area (Å²) in [5.41, 5.74) is 5.84. The largest absolute Gasteiger partial charge is 0.370 e. The smallest absolute Gasteiger partial charge is 0.188 e. The van der Waals surface area contributed by atoms with Crippen LogP contribution in [0.2, 0.25) is 0 Å². The van der Waals surface area contributed by atoms with Crippen molar-refractivity contribution in [3.63, 3.8) is 0 Å². The molecule has 0 radical (unpaired) electrons. The van der Waals surface area contributed by atoms with Crippen LogP contribution in [0.4, 0.5) is 0 Å². The van der Waals surface area contributed by atoms with Gasteiger partial charge in [0.1, 0.15) is 0 Å². The minimum absolute atomic E-state index is 0. The highest BCUT2D eigenvalue weighted by Crippen LogP contribution is 2.20. The number of piperidine rings is 1. The van der Waals surface area contributed by atoms with Crippen molar-refractivity contribution >= 4 is 29.9 Å². The third-order valence-electron chi connectivity index (χ3n) is 3.36. The normalized spacial score (nSPS) is 25.1. The molecule has 0 saturated carbocycles. The fourth-order valence-electron chi connectivity index (χ4n) is 2.89. The molecule has 1 saturated heterocycles. The van der Waals surface area contributed by atoms with E-state index < -0.39 is 0 Å². The van der Waals surface area contributed by atoms with Crippen LogP contribution in [0.3, 0.4) is 0 Å². The quantitative estimate of drug-likeness (QED) is 0.333. The molecule has 1 rings (SSSR count). The summed E-state index contributed by atoms with van der Waals surface area (Å²) in [7, 11) is 0. The van der Waals surface area contributed by atoms with Crippen LogP contribution in [0, 0.1) is 11.8 Å². The van der Waals surface area contributed by atoms with Crippen LogP contribution >= 0.6 is 24.0 Å². The lowest BCUT2D eigenvalue weighted by Crippen LogP contribution is -2.45. The van der Waals surface area contributed by atoms with Crippen LogP contribution in [-0.4, -0.2) is 42.6 Å². The highest BCUT2D eigenvalue weighted by Gasteiger charge is 2.20. The van der Waals surface area contributed by atoms with Gasteiger partial charge in [-0.05, 0) is 52.0 Å². The van der Waals surface area contributed by atoms with Crippen molar-refractivity contribution in [3.8, 4) is 0 Å². The molecule has 0 aromatic heterocycles. The zero-order valence-electron chi connectivity index (χ0n) is 13.8. The van der Waals surface area contributed by atoms with Gasteiger partial charge < -0.3 is 16.0 Å². The number of halogens is 1. The van der Waals surface area contributed by atoms with Gasteiger partial charge in [-0.1, -0.05) is 13.8 Å². The maximum atomic E-state index is 5.85. The first-order valence-electron chi connectivity index (χ1n) is 7.56. The van der Waals surface area contributed by atoms with Gasteiger partial charge in [-0.3, -0.25) is 4.99 Å². The SMILES string of the molecule is CC1CC(C)CN(CCCN=C(N)NC(C)(C)C)C1.I. The van der Waals surface area contributed by atoms with Crippen LogP contribution in [-0.2, 0) is 0 Å². The molecule has 4 nitrogen and oxygen atoms in total. The highest BCUT2D eigenvalue weighted by atomic mass is 127. The minimum Gasteiger partial charge on any atom is -0.370 e. The van der Waals surface area contributed by atoms with Gasteiger partial charge in [-0.25, -0.2) is 0 Å². The van der Waals surface area contributed by atoms with E-state index in [9.17, 15) is 0 Å². The second-order valence-corrected chi connectivity index (χ2v) is 7.20. The molecule has 5 heteroatoms. The molecule has 20 heavy (non-hydrogen) atoms. The lowest BCUT2D eigenvalue weighted by Gasteiger charge is -2.34. The van der Waals surface area contributed by atoms with E-state index in [2.05, 4.69) is 49.8 Å². The Morgan fingerprint density at radius 2 is 1.80 bits per heavy atom. The Labute approximate surface area is 142 Å². The Kier molecular flexibility index (Phi) is 9.06. The van der Waals surface area contributed by atoms with Crippen molar-refractivity contribution in [3.05, 3.63) is 0 Å². The maximum Gasteiger partial charge on any atom is 0.188 e. The third-order valence-corrected chi connectivity index (χ3v) is 3.36. The Morgan fingerprint density at radius 3 is 2.30 bits per heavy atom. The molecule has 0 spiro atoms. The maximum absolute atomic E-state index is 5.85. The van der Waals surface area contributed by atoms with Crippen molar-refractivity contribution in [2.24, 2.45) is 22.6 Å². The standard InChI is InChI=1S/C15H32N4.HI/c1-12-9-13(2)11-19(10-12)8-6-7-17-14(16)18-15(3,4)5;/h12-13H,6-11H2,1-5H3,(H3,16,17,18);1H. The first-order chi connectivity index (χ1) is 8.76. The minimum atomic E-state index is -0.00861. The molecule has 0 aliphatic carbocycles. The molecular weight excluding hydrogens is 363 g/mol. The Hall–Kier alpha value is -0.0400. The van der Waals surface area contributed by atoms with Gasteiger partial charge >= 0.3 is 0 Å². The van der Waals surface area contributed by atoms with E-state index in [1.807, 2.05) is 0 Å². The summed E-state index contributed by atoms with van der Waals surface area (Å²) in [5.74, 6) is 2.23. The van der Waals surface area contributed by atoms with Gasteiger partial charge in [-0.2, -0.15) is 0 Å². The molecule has 120 valence electrons. The van der Waals surface area contributed by atoms with E-state index in [0.717, 1.165) is 31.3 Å². The molecule has 0 aromatic carbocycles. The summed E-state index contributed by atoms with van der Waals surface area (Å²) < 4.78 is 0. The third kappa shape index (κ3) is 9.00. The number of aliphatic imine (C=N–C) groups is 1. The van der Waals surface area contributed by atoms with E-state index in [4.69, 9.17) is 5.73 Å². The summed E-state index contributed by atoms with van der Waals surface area (Å²) in [6, 6.07) is 0. The second-order valence-electron chi connectivity index (χ2n) is 7.20. The van der Waals surface area contributed by atoms with Crippen LogP contribution in [0.1, 0.15) is 47.5 Å². The number of nitrogens with one attached hydrogen (secondary N) is 1. The number of hydrogen-bond donors (Lipinski definition) is 2. The van der Waals surface area contributed by atoms with Crippen molar-refractivity contribution in [1.82, 2.24) is 10.2 Å². The molecule has 1 aliphatic rings. The summed E-state index contributed by atoms with van der Waals surface area (Å²) in [5, 5.41) is 3.19. The molecular formula is C15H33IN4.